The lowest BCUT2D eigenvalue weighted by Gasteiger charge is -1.91. The van der Waals surface area contributed by atoms with Crippen LogP contribution in [0.15, 0.2) is 11.6 Å². The van der Waals surface area contributed by atoms with Gasteiger partial charge in [0.15, 0.2) is 5.78 Å². The maximum atomic E-state index is 11.2. The molecule has 1 unspecified atom stereocenters. The van der Waals surface area contributed by atoms with Gasteiger partial charge in [-0.05, 0) is 33.8 Å². The summed E-state index contributed by atoms with van der Waals surface area (Å²) in [5.74, 6) is 0.0926. The molecule has 0 aromatic carbocycles. The molecule has 1 saturated heterocycles. The van der Waals surface area contributed by atoms with E-state index >= 15 is 0 Å². The van der Waals surface area contributed by atoms with Crippen molar-refractivity contribution in [1.29, 1.82) is 0 Å². The first-order chi connectivity index (χ1) is 4.93. The van der Waals surface area contributed by atoms with Crippen molar-refractivity contribution < 1.29 is 9.53 Å². The standard InChI is InChI=1S/C9H14O2/c1-6(2)5-7(10)8-9(3,4)11-8/h5,8H,1-4H3. The van der Waals surface area contributed by atoms with E-state index in [9.17, 15) is 4.79 Å². The Labute approximate surface area is 67.2 Å². The molecule has 0 saturated carbocycles. The molecule has 2 nitrogen and oxygen atoms in total. The zero-order valence-corrected chi connectivity index (χ0v) is 7.47. The van der Waals surface area contributed by atoms with Gasteiger partial charge < -0.3 is 4.74 Å². The molecule has 0 bridgehead atoms. The van der Waals surface area contributed by atoms with E-state index in [0.29, 0.717) is 0 Å². The second-order valence-corrected chi connectivity index (χ2v) is 3.73. The molecule has 0 aromatic rings. The number of ketones is 1. The summed E-state index contributed by atoms with van der Waals surface area (Å²) in [6.07, 6.45) is 1.44. The normalized spacial score (nSPS) is 26.0. The second kappa shape index (κ2) is 2.45. The Balaban J connectivity index is 2.54. The van der Waals surface area contributed by atoms with Crippen LogP contribution in [-0.4, -0.2) is 17.5 Å². The molecule has 1 aliphatic heterocycles. The van der Waals surface area contributed by atoms with E-state index < -0.39 is 0 Å². The Kier molecular flexibility index (Phi) is 1.89. The number of ether oxygens (including phenoxy) is 1. The van der Waals surface area contributed by atoms with Crippen molar-refractivity contribution in [1.82, 2.24) is 0 Å². The summed E-state index contributed by atoms with van der Waals surface area (Å²) < 4.78 is 5.17. The van der Waals surface area contributed by atoms with E-state index in [1.54, 1.807) is 6.08 Å². The molecule has 1 atom stereocenters. The molecular weight excluding hydrogens is 140 g/mol. The Morgan fingerprint density at radius 3 is 2.18 bits per heavy atom. The van der Waals surface area contributed by atoms with Crippen LogP contribution in [0.5, 0.6) is 0 Å². The Bertz CT molecular complexity index is 210. The first-order valence-electron chi connectivity index (χ1n) is 3.80. The number of allylic oxidation sites excluding steroid dienone is 1. The minimum absolute atomic E-state index is 0.0926. The molecule has 1 fully saturated rings. The lowest BCUT2D eigenvalue weighted by molar-refractivity contribution is -0.115. The van der Waals surface area contributed by atoms with E-state index in [1.807, 2.05) is 27.7 Å². The third kappa shape index (κ3) is 1.90. The summed E-state index contributed by atoms with van der Waals surface area (Å²) in [7, 11) is 0. The molecule has 1 aliphatic rings. The molecule has 0 aromatic heterocycles. The average Bonchev–Trinajstić information content (AvgIpc) is 2.38. The molecule has 2 heteroatoms. The summed E-state index contributed by atoms with van der Waals surface area (Å²) in [6.45, 7) is 7.67. The van der Waals surface area contributed by atoms with Crippen LogP contribution >= 0.6 is 0 Å². The molecule has 62 valence electrons. The minimum atomic E-state index is -0.219. The lowest BCUT2D eigenvalue weighted by atomic mass is 10.1. The number of rotatable bonds is 2. The molecule has 1 heterocycles. The predicted molar refractivity (Wildman–Crippen MR) is 43.4 cm³/mol. The molecule has 0 amide bonds. The molecule has 1 rings (SSSR count). The quantitative estimate of drug-likeness (QED) is 0.447. The fourth-order valence-electron chi connectivity index (χ4n) is 1.03. The van der Waals surface area contributed by atoms with Gasteiger partial charge in [0.05, 0.1) is 5.60 Å². The maximum absolute atomic E-state index is 11.2. The van der Waals surface area contributed by atoms with Gasteiger partial charge in [-0.25, -0.2) is 0 Å². The van der Waals surface area contributed by atoms with Gasteiger partial charge in [-0.2, -0.15) is 0 Å². The highest BCUT2D eigenvalue weighted by Crippen LogP contribution is 2.36. The fraction of sp³-hybridized carbons (Fsp3) is 0.667. The number of epoxide rings is 1. The Morgan fingerprint density at radius 2 is 1.91 bits per heavy atom. The van der Waals surface area contributed by atoms with Gasteiger partial charge in [-0.15, -0.1) is 0 Å². The maximum Gasteiger partial charge on any atom is 0.187 e. The van der Waals surface area contributed by atoms with Crippen LogP contribution in [0.2, 0.25) is 0 Å². The Morgan fingerprint density at radius 1 is 1.45 bits per heavy atom. The van der Waals surface area contributed by atoms with E-state index in [0.717, 1.165) is 5.57 Å². The van der Waals surface area contributed by atoms with Crippen LogP contribution < -0.4 is 0 Å². The summed E-state index contributed by atoms with van der Waals surface area (Å²) in [6, 6.07) is 0. The van der Waals surface area contributed by atoms with Crippen LogP contribution in [0, 0.1) is 0 Å². The van der Waals surface area contributed by atoms with Crippen molar-refractivity contribution in [3.63, 3.8) is 0 Å². The molecule has 0 aliphatic carbocycles. The van der Waals surface area contributed by atoms with Crippen LogP contribution in [0.25, 0.3) is 0 Å². The number of carbonyl (C=O) groups excluding carboxylic acids is 1. The van der Waals surface area contributed by atoms with Gasteiger partial charge >= 0.3 is 0 Å². The SMILES string of the molecule is CC(C)=CC(=O)C1OC1(C)C. The largest absolute Gasteiger partial charge is 0.358 e. The predicted octanol–water partition coefficient (Wildman–Crippen LogP) is 1.70. The lowest BCUT2D eigenvalue weighted by Crippen LogP contribution is -2.12. The third-order valence-electron chi connectivity index (χ3n) is 1.69. The van der Waals surface area contributed by atoms with Crippen molar-refractivity contribution in [3.8, 4) is 0 Å². The smallest absolute Gasteiger partial charge is 0.187 e. The van der Waals surface area contributed by atoms with Crippen molar-refractivity contribution in [3.05, 3.63) is 11.6 Å². The average molecular weight is 154 g/mol. The molecule has 0 N–H and O–H groups in total. The highest BCUT2D eigenvalue weighted by Gasteiger charge is 2.51. The van der Waals surface area contributed by atoms with Gasteiger partial charge in [-0.1, -0.05) is 5.57 Å². The van der Waals surface area contributed by atoms with Gasteiger partial charge in [0.1, 0.15) is 6.10 Å². The van der Waals surface area contributed by atoms with Gasteiger partial charge in [0.25, 0.3) is 0 Å². The van der Waals surface area contributed by atoms with Gasteiger partial charge in [0, 0.05) is 0 Å². The summed E-state index contributed by atoms with van der Waals surface area (Å²) in [5, 5.41) is 0. The summed E-state index contributed by atoms with van der Waals surface area (Å²) >= 11 is 0. The highest BCUT2D eigenvalue weighted by atomic mass is 16.6. The van der Waals surface area contributed by atoms with Gasteiger partial charge in [0.2, 0.25) is 0 Å². The fourth-order valence-corrected chi connectivity index (χ4v) is 1.03. The third-order valence-corrected chi connectivity index (χ3v) is 1.69. The van der Waals surface area contributed by atoms with Crippen molar-refractivity contribution in [2.45, 2.75) is 39.4 Å². The van der Waals surface area contributed by atoms with Crippen LogP contribution in [0.4, 0.5) is 0 Å². The first kappa shape index (κ1) is 8.47. The number of hydrogen-bond acceptors (Lipinski definition) is 2. The van der Waals surface area contributed by atoms with E-state index in [2.05, 4.69) is 0 Å². The summed E-state index contributed by atoms with van der Waals surface area (Å²) in [4.78, 5) is 11.2. The van der Waals surface area contributed by atoms with Crippen LogP contribution in [0.1, 0.15) is 27.7 Å². The number of hydrogen-bond donors (Lipinski definition) is 0. The van der Waals surface area contributed by atoms with Gasteiger partial charge in [-0.3, -0.25) is 4.79 Å². The second-order valence-electron chi connectivity index (χ2n) is 3.73. The summed E-state index contributed by atoms with van der Waals surface area (Å²) in [5.41, 5.74) is 0.810. The molecule has 0 spiro atoms. The molecule has 11 heavy (non-hydrogen) atoms. The Hall–Kier alpha value is -0.630. The molecular formula is C9H14O2. The van der Waals surface area contributed by atoms with Crippen molar-refractivity contribution in [2.75, 3.05) is 0 Å². The highest BCUT2D eigenvalue weighted by molar-refractivity contribution is 5.96. The zero-order valence-electron chi connectivity index (χ0n) is 7.47. The topological polar surface area (TPSA) is 29.6 Å². The van der Waals surface area contributed by atoms with E-state index in [4.69, 9.17) is 4.74 Å². The monoisotopic (exact) mass is 154 g/mol. The van der Waals surface area contributed by atoms with Crippen molar-refractivity contribution >= 4 is 5.78 Å². The van der Waals surface area contributed by atoms with E-state index in [-0.39, 0.29) is 17.5 Å². The van der Waals surface area contributed by atoms with Crippen molar-refractivity contribution in [2.24, 2.45) is 0 Å². The first-order valence-corrected chi connectivity index (χ1v) is 3.80. The van der Waals surface area contributed by atoms with Crippen LogP contribution in [-0.2, 0) is 9.53 Å². The zero-order chi connectivity index (χ0) is 8.65. The molecule has 0 radical (unpaired) electrons. The van der Waals surface area contributed by atoms with Crippen LogP contribution in [0.3, 0.4) is 0 Å². The minimum Gasteiger partial charge on any atom is -0.358 e. The van der Waals surface area contributed by atoms with E-state index in [1.165, 1.54) is 0 Å². The number of carbonyl (C=O) groups is 1.